The molecular formula is C80H67ClN4OS. The summed E-state index contributed by atoms with van der Waals surface area (Å²) >= 11 is 10.4. The van der Waals surface area contributed by atoms with E-state index < -0.39 is 0 Å². The number of thiophene rings is 1. The van der Waals surface area contributed by atoms with Crippen LogP contribution in [-0.4, -0.2) is 4.57 Å². The third-order valence-electron chi connectivity index (χ3n) is 17.7. The van der Waals surface area contributed by atoms with Crippen molar-refractivity contribution in [1.82, 2.24) is 4.57 Å². The number of halogens is 1. The van der Waals surface area contributed by atoms with Gasteiger partial charge in [-0.25, -0.2) is 0 Å². The van der Waals surface area contributed by atoms with Crippen molar-refractivity contribution in [2.45, 2.75) is 78.6 Å². The molecule has 4 heterocycles. The third kappa shape index (κ3) is 9.19. The lowest BCUT2D eigenvalue weighted by atomic mass is 9.84. The molecular weight excluding hydrogens is 1100 g/mol. The summed E-state index contributed by atoms with van der Waals surface area (Å²) in [6.07, 6.45) is 0. The average molecular weight is 1170 g/mol. The summed E-state index contributed by atoms with van der Waals surface area (Å²) in [5.41, 5.74) is 21.7. The molecule has 0 aliphatic carbocycles. The van der Waals surface area contributed by atoms with Crippen LogP contribution in [0, 0.1) is 0 Å². The fourth-order valence-electron chi connectivity index (χ4n) is 13.0. The number of nitrogens with zero attached hydrogens (tertiary/aromatic N) is 4. The zero-order valence-electron chi connectivity index (χ0n) is 50.6. The Labute approximate surface area is 518 Å². The zero-order valence-corrected chi connectivity index (χ0v) is 52.1. The Morgan fingerprint density at radius 3 is 1.69 bits per heavy atom. The number of furan rings is 1. The van der Waals surface area contributed by atoms with Crippen LogP contribution in [0.5, 0.6) is 0 Å². The van der Waals surface area contributed by atoms with Crippen LogP contribution in [0.25, 0.3) is 81.8 Å². The zero-order chi connectivity index (χ0) is 59.7. The van der Waals surface area contributed by atoms with E-state index in [4.69, 9.17) is 16.0 Å². The maximum atomic E-state index is 8.68. The second-order valence-corrected chi connectivity index (χ2v) is 27.7. The Morgan fingerprint density at radius 1 is 0.391 bits per heavy atom. The van der Waals surface area contributed by atoms with Crippen molar-refractivity contribution in [3.8, 4) is 27.9 Å². The molecule has 0 radical (unpaired) electrons. The predicted molar refractivity (Wildman–Crippen MR) is 373 cm³/mol. The smallest absolute Gasteiger partial charge is 0.143 e. The molecule has 5 nitrogen and oxygen atoms in total. The molecule has 0 atom stereocenters. The first-order valence-electron chi connectivity index (χ1n) is 30.2. The van der Waals surface area contributed by atoms with E-state index in [1.54, 1.807) is 11.3 Å². The maximum Gasteiger partial charge on any atom is 0.143 e. The van der Waals surface area contributed by atoms with Crippen molar-refractivity contribution in [1.29, 1.82) is 0 Å². The van der Waals surface area contributed by atoms with E-state index in [1.807, 2.05) is 6.07 Å². The van der Waals surface area contributed by atoms with Crippen molar-refractivity contribution in [3.05, 3.63) is 264 Å². The molecule has 3 aromatic heterocycles. The maximum absolute atomic E-state index is 8.68. The standard InChI is InChI=1S/C80H67ClN4OS/c1-78(2,3)53-35-39-66-63(43-53)64-44-55(80(7,8)9)46-71-76(64)85(66)68-45-54(79(4,5)6)36-40-67(68)84(71)70-48-59(82(56-24-15-11-16-25-56)57-26-17-12-18-27-57)47-69(75(70)81)83(72-49-87-74-41-34-52(42-65(72)74)50-22-13-10-14-23-50)58-37-32-51(33-38-58)60-29-21-30-62-61-28-19-20-31-73(61)86-77(60)62/h10-49H,1-9H3. The van der Waals surface area contributed by atoms with E-state index in [2.05, 4.69) is 317 Å². The lowest BCUT2D eigenvalue weighted by Gasteiger charge is -2.38. The molecule has 0 unspecified atom stereocenters. The van der Waals surface area contributed by atoms with E-state index in [9.17, 15) is 0 Å². The Balaban J connectivity index is 1.05. The molecule has 0 amide bonds. The molecule has 1 aliphatic rings. The van der Waals surface area contributed by atoms with E-state index >= 15 is 0 Å². The Morgan fingerprint density at radius 2 is 0.989 bits per heavy atom. The van der Waals surface area contributed by atoms with E-state index in [1.165, 1.54) is 37.7 Å². The summed E-state index contributed by atoms with van der Waals surface area (Å²) in [5, 5.41) is 8.70. The Kier molecular flexibility index (Phi) is 12.7. The largest absolute Gasteiger partial charge is 0.455 e. The molecule has 15 rings (SSSR count). The molecule has 426 valence electrons. The topological polar surface area (TPSA) is 27.8 Å². The number of aromatic nitrogens is 1. The highest BCUT2D eigenvalue weighted by Crippen LogP contribution is 2.58. The van der Waals surface area contributed by atoms with Crippen LogP contribution in [0.15, 0.2) is 246 Å². The fourth-order valence-corrected chi connectivity index (χ4v) is 14.2. The predicted octanol–water partition coefficient (Wildman–Crippen LogP) is 24.5. The normalized spacial score (nSPS) is 12.7. The molecule has 1 aliphatic heterocycles. The Bertz CT molecular complexity index is 4960. The fraction of sp³-hybridized carbons (Fsp3) is 0.150. The number of fused-ring (bicyclic) bond motifs is 9. The molecule has 0 N–H and O–H groups in total. The quantitative estimate of drug-likeness (QED) is 0.144. The van der Waals surface area contributed by atoms with Gasteiger partial charge in [0.05, 0.1) is 55.9 Å². The first-order chi connectivity index (χ1) is 42.0. The lowest BCUT2D eigenvalue weighted by Crippen LogP contribution is -2.22. The van der Waals surface area contributed by atoms with Crippen molar-refractivity contribution in [3.63, 3.8) is 0 Å². The second-order valence-electron chi connectivity index (χ2n) is 26.4. The van der Waals surface area contributed by atoms with Crippen molar-refractivity contribution in [2.75, 3.05) is 14.7 Å². The summed E-state index contributed by atoms with van der Waals surface area (Å²) in [6.45, 7) is 20.8. The molecule has 0 saturated carbocycles. The van der Waals surface area contributed by atoms with Gasteiger partial charge >= 0.3 is 0 Å². The molecule has 14 aromatic rings. The van der Waals surface area contributed by atoms with Gasteiger partial charge in [-0.2, -0.15) is 0 Å². The molecule has 87 heavy (non-hydrogen) atoms. The number of anilines is 9. The SMILES string of the molecule is CC(C)(C)c1ccc2c(c1)-n1c3ccc(C(C)(C)C)cc3c3cc(C(C)(C)C)cc(c31)N2c1cc(N(c2ccccc2)c2ccccc2)cc(N(c2ccc(-c3cccc4c3oc3ccccc34)cc2)c2csc3ccc(-c4ccccc4)cc23)c1Cl. The van der Waals surface area contributed by atoms with E-state index in [-0.39, 0.29) is 16.2 Å². The van der Waals surface area contributed by atoms with Gasteiger partial charge in [0, 0.05) is 59.6 Å². The van der Waals surface area contributed by atoms with Crippen LogP contribution in [0.1, 0.15) is 79.0 Å². The lowest BCUT2D eigenvalue weighted by molar-refractivity contribution is 0.589. The Hall–Kier alpha value is -9.33. The summed E-state index contributed by atoms with van der Waals surface area (Å²) in [4.78, 5) is 7.26. The van der Waals surface area contributed by atoms with Crippen molar-refractivity contribution < 1.29 is 4.42 Å². The highest BCUT2D eigenvalue weighted by atomic mass is 35.5. The van der Waals surface area contributed by atoms with Gasteiger partial charge < -0.3 is 23.7 Å². The molecule has 0 fully saturated rings. The van der Waals surface area contributed by atoms with Crippen LogP contribution in [0.4, 0.5) is 51.2 Å². The minimum Gasteiger partial charge on any atom is -0.455 e. The summed E-state index contributed by atoms with van der Waals surface area (Å²) < 4.78 is 10.4. The van der Waals surface area contributed by atoms with Crippen molar-refractivity contribution in [2.24, 2.45) is 0 Å². The average Bonchev–Trinajstić information content (AvgIpc) is 1.69. The minimum atomic E-state index is -0.200. The van der Waals surface area contributed by atoms with Gasteiger partial charge in [-0.1, -0.05) is 207 Å². The second kappa shape index (κ2) is 20.4. The van der Waals surface area contributed by atoms with Gasteiger partial charge in [-0.05, 0) is 153 Å². The van der Waals surface area contributed by atoms with Crippen LogP contribution in [0.3, 0.4) is 0 Å². The summed E-state index contributed by atoms with van der Waals surface area (Å²) in [7, 11) is 0. The molecule has 0 spiro atoms. The van der Waals surface area contributed by atoms with E-state index in [0.717, 1.165) is 112 Å². The summed E-state index contributed by atoms with van der Waals surface area (Å²) in [5.74, 6) is 0. The van der Waals surface area contributed by atoms with Gasteiger partial charge in [0.2, 0.25) is 0 Å². The van der Waals surface area contributed by atoms with Gasteiger partial charge in [-0.15, -0.1) is 11.3 Å². The van der Waals surface area contributed by atoms with Crippen molar-refractivity contribution >= 4 is 128 Å². The highest BCUT2D eigenvalue weighted by molar-refractivity contribution is 7.17. The molecule has 0 bridgehead atoms. The number of benzene rings is 11. The number of para-hydroxylation sites is 4. The van der Waals surface area contributed by atoms with Gasteiger partial charge in [0.1, 0.15) is 11.2 Å². The molecule has 11 aromatic carbocycles. The van der Waals surface area contributed by atoms with Gasteiger partial charge in [-0.3, -0.25) is 0 Å². The third-order valence-corrected chi connectivity index (χ3v) is 19.0. The van der Waals surface area contributed by atoms with Gasteiger partial charge in [0.15, 0.2) is 0 Å². The van der Waals surface area contributed by atoms with Crippen LogP contribution in [-0.2, 0) is 16.2 Å². The minimum absolute atomic E-state index is 0.0595. The first kappa shape index (κ1) is 54.3. The number of rotatable bonds is 9. The summed E-state index contributed by atoms with van der Waals surface area (Å²) in [6, 6.07) is 86.5. The van der Waals surface area contributed by atoms with Crippen LogP contribution < -0.4 is 14.7 Å². The molecule has 7 heteroatoms. The number of hydrogen-bond acceptors (Lipinski definition) is 5. The molecule has 0 saturated heterocycles. The van der Waals surface area contributed by atoms with Gasteiger partial charge in [0.25, 0.3) is 0 Å². The highest BCUT2D eigenvalue weighted by Gasteiger charge is 2.36. The first-order valence-corrected chi connectivity index (χ1v) is 31.4. The van der Waals surface area contributed by atoms with Crippen LogP contribution >= 0.6 is 22.9 Å². The van der Waals surface area contributed by atoms with E-state index in [0.29, 0.717) is 5.02 Å². The monoisotopic (exact) mass is 1170 g/mol. The van der Waals surface area contributed by atoms with Crippen LogP contribution in [0.2, 0.25) is 5.02 Å². The number of hydrogen-bond donors (Lipinski definition) is 0.